The van der Waals surface area contributed by atoms with Gasteiger partial charge in [-0.2, -0.15) is 0 Å². The average Bonchev–Trinajstić information content (AvgIpc) is 3.15. The summed E-state index contributed by atoms with van der Waals surface area (Å²) in [6.07, 6.45) is -3.87. The molecule has 3 rings (SSSR count). The van der Waals surface area contributed by atoms with Crippen LogP contribution in [0, 0.1) is 0 Å². The van der Waals surface area contributed by atoms with E-state index in [9.17, 15) is 22.8 Å². The van der Waals surface area contributed by atoms with Gasteiger partial charge in [0.1, 0.15) is 11.9 Å². The van der Waals surface area contributed by atoms with Crippen LogP contribution in [0.1, 0.15) is 23.2 Å². The zero-order valence-corrected chi connectivity index (χ0v) is 14.6. The molecule has 0 saturated carbocycles. The smallest absolute Gasteiger partial charge is 0.406 e. The van der Waals surface area contributed by atoms with Crippen LogP contribution < -0.4 is 15.4 Å². The predicted octanol–water partition coefficient (Wildman–Crippen LogP) is 3.96. The summed E-state index contributed by atoms with van der Waals surface area (Å²) in [4.78, 5) is 24.5. The number of anilines is 2. The molecule has 2 amide bonds. The summed E-state index contributed by atoms with van der Waals surface area (Å²) in [5, 5.41) is 5.19. The Labute approximate surface area is 158 Å². The van der Waals surface area contributed by atoms with Gasteiger partial charge >= 0.3 is 6.36 Å². The van der Waals surface area contributed by atoms with Crippen LogP contribution in [-0.2, 0) is 9.53 Å². The largest absolute Gasteiger partial charge is 0.573 e. The normalized spacial score (nSPS) is 16.5. The number of hydrogen-bond donors (Lipinski definition) is 2. The Balaban J connectivity index is 1.66. The molecule has 0 aromatic heterocycles. The molecule has 148 valence electrons. The highest BCUT2D eigenvalue weighted by Gasteiger charge is 2.31. The lowest BCUT2D eigenvalue weighted by atomic mass is 10.1. The third kappa shape index (κ3) is 5.46. The van der Waals surface area contributed by atoms with Crippen LogP contribution in [0.4, 0.5) is 24.5 Å². The highest BCUT2D eigenvalue weighted by atomic mass is 19.4. The molecule has 0 spiro atoms. The van der Waals surface area contributed by atoms with Gasteiger partial charge in [-0.1, -0.05) is 12.1 Å². The Morgan fingerprint density at radius 3 is 2.43 bits per heavy atom. The summed E-state index contributed by atoms with van der Waals surface area (Å²) in [6, 6.07) is 11.2. The van der Waals surface area contributed by atoms with Gasteiger partial charge in [0.15, 0.2) is 0 Å². The summed E-state index contributed by atoms with van der Waals surface area (Å²) in [7, 11) is 0. The third-order valence-corrected chi connectivity index (χ3v) is 3.94. The van der Waals surface area contributed by atoms with Crippen LogP contribution in [0.2, 0.25) is 0 Å². The van der Waals surface area contributed by atoms with Gasteiger partial charge in [-0.3, -0.25) is 9.59 Å². The van der Waals surface area contributed by atoms with Crippen molar-refractivity contribution in [2.24, 2.45) is 0 Å². The molecule has 0 radical (unpaired) electrons. The van der Waals surface area contributed by atoms with Crippen molar-refractivity contribution >= 4 is 23.2 Å². The molecule has 1 heterocycles. The molecule has 9 heteroatoms. The predicted molar refractivity (Wildman–Crippen MR) is 95.1 cm³/mol. The SMILES string of the molecule is O=C(Nc1cccc(OC(F)(F)F)c1)c1cccc(NC(=O)[C@H]2CCCO2)c1. The molecule has 0 aliphatic carbocycles. The summed E-state index contributed by atoms with van der Waals surface area (Å²) >= 11 is 0. The Morgan fingerprint density at radius 2 is 1.75 bits per heavy atom. The van der Waals surface area contributed by atoms with Crippen LogP contribution in [0.5, 0.6) is 5.75 Å². The minimum Gasteiger partial charge on any atom is -0.406 e. The molecule has 0 unspecified atom stereocenters. The van der Waals surface area contributed by atoms with Gasteiger partial charge in [-0.05, 0) is 43.2 Å². The fourth-order valence-corrected chi connectivity index (χ4v) is 2.72. The number of ether oxygens (including phenoxy) is 2. The molecular formula is C19H17F3N2O4. The fourth-order valence-electron chi connectivity index (χ4n) is 2.72. The molecule has 2 aromatic rings. The molecule has 0 bridgehead atoms. The first kappa shape index (κ1) is 19.7. The third-order valence-electron chi connectivity index (χ3n) is 3.94. The minimum absolute atomic E-state index is 0.139. The first-order valence-corrected chi connectivity index (χ1v) is 8.50. The maximum Gasteiger partial charge on any atom is 0.573 e. The molecule has 2 aromatic carbocycles. The second-order valence-corrected chi connectivity index (χ2v) is 6.10. The average molecular weight is 394 g/mol. The van der Waals surface area contributed by atoms with E-state index in [1.807, 2.05) is 0 Å². The fraction of sp³-hybridized carbons (Fsp3) is 0.263. The molecule has 1 aliphatic heterocycles. The van der Waals surface area contributed by atoms with E-state index in [0.717, 1.165) is 18.6 Å². The van der Waals surface area contributed by atoms with Gasteiger partial charge in [0.2, 0.25) is 0 Å². The topological polar surface area (TPSA) is 76.7 Å². The van der Waals surface area contributed by atoms with Crippen LogP contribution in [0.3, 0.4) is 0 Å². The number of rotatable bonds is 5. The van der Waals surface area contributed by atoms with E-state index in [4.69, 9.17) is 4.74 Å². The van der Waals surface area contributed by atoms with E-state index in [0.29, 0.717) is 18.7 Å². The van der Waals surface area contributed by atoms with E-state index in [-0.39, 0.29) is 17.2 Å². The van der Waals surface area contributed by atoms with Crippen molar-refractivity contribution in [3.63, 3.8) is 0 Å². The van der Waals surface area contributed by atoms with Crippen molar-refractivity contribution in [2.45, 2.75) is 25.3 Å². The van der Waals surface area contributed by atoms with Gasteiger partial charge in [0.25, 0.3) is 11.8 Å². The summed E-state index contributed by atoms with van der Waals surface area (Å²) in [6.45, 7) is 0.539. The van der Waals surface area contributed by atoms with Gasteiger partial charge in [0.05, 0.1) is 0 Å². The molecular weight excluding hydrogens is 377 g/mol. The van der Waals surface area contributed by atoms with E-state index in [1.165, 1.54) is 24.3 Å². The molecule has 28 heavy (non-hydrogen) atoms. The quantitative estimate of drug-likeness (QED) is 0.805. The molecule has 1 saturated heterocycles. The standard InChI is InChI=1S/C19H17F3N2O4/c20-19(21,22)28-15-7-2-6-14(11-15)23-17(25)12-4-1-5-13(10-12)24-18(26)16-8-3-9-27-16/h1-2,4-7,10-11,16H,3,8-9H2,(H,23,25)(H,24,26)/t16-/m1/s1. The first-order chi connectivity index (χ1) is 13.3. The van der Waals surface area contributed by atoms with Crippen molar-refractivity contribution in [1.82, 2.24) is 0 Å². The lowest BCUT2D eigenvalue weighted by Gasteiger charge is -2.12. The minimum atomic E-state index is -4.82. The highest BCUT2D eigenvalue weighted by Crippen LogP contribution is 2.25. The maximum absolute atomic E-state index is 12.4. The van der Waals surface area contributed by atoms with E-state index < -0.39 is 24.1 Å². The number of hydrogen-bond acceptors (Lipinski definition) is 4. The van der Waals surface area contributed by atoms with Crippen molar-refractivity contribution in [3.05, 3.63) is 54.1 Å². The summed E-state index contributed by atoms with van der Waals surface area (Å²) in [5.74, 6) is -1.27. The number of carbonyl (C=O) groups is 2. The van der Waals surface area contributed by atoms with Crippen LogP contribution >= 0.6 is 0 Å². The van der Waals surface area contributed by atoms with Gasteiger partial charge in [-0.15, -0.1) is 13.2 Å². The maximum atomic E-state index is 12.4. The highest BCUT2D eigenvalue weighted by molar-refractivity contribution is 6.05. The number of alkyl halides is 3. The van der Waals surface area contributed by atoms with E-state index >= 15 is 0 Å². The van der Waals surface area contributed by atoms with Gasteiger partial charge in [0, 0.05) is 29.6 Å². The van der Waals surface area contributed by atoms with Gasteiger partial charge in [-0.25, -0.2) is 0 Å². The van der Waals surface area contributed by atoms with Crippen LogP contribution in [-0.4, -0.2) is 30.9 Å². The second kappa shape index (κ2) is 8.30. The number of carbonyl (C=O) groups excluding carboxylic acids is 2. The zero-order valence-electron chi connectivity index (χ0n) is 14.6. The lowest BCUT2D eigenvalue weighted by molar-refractivity contribution is -0.274. The van der Waals surface area contributed by atoms with E-state index in [2.05, 4.69) is 15.4 Å². The second-order valence-electron chi connectivity index (χ2n) is 6.10. The van der Waals surface area contributed by atoms with Gasteiger partial charge < -0.3 is 20.1 Å². The Bertz CT molecular complexity index is 864. The summed E-state index contributed by atoms with van der Waals surface area (Å²) in [5.41, 5.74) is 0.787. The first-order valence-electron chi connectivity index (χ1n) is 8.50. The zero-order chi connectivity index (χ0) is 20.1. The van der Waals surface area contributed by atoms with Crippen molar-refractivity contribution < 1.29 is 32.2 Å². The number of amides is 2. The molecule has 1 fully saturated rings. The number of nitrogens with one attached hydrogen (secondary N) is 2. The monoisotopic (exact) mass is 394 g/mol. The molecule has 1 atom stereocenters. The molecule has 6 nitrogen and oxygen atoms in total. The van der Waals surface area contributed by atoms with Crippen molar-refractivity contribution in [2.75, 3.05) is 17.2 Å². The van der Waals surface area contributed by atoms with Crippen molar-refractivity contribution in [1.29, 1.82) is 0 Å². The summed E-state index contributed by atoms with van der Waals surface area (Å²) < 4.78 is 46.1. The number of halogens is 3. The van der Waals surface area contributed by atoms with E-state index in [1.54, 1.807) is 12.1 Å². The molecule has 2 N–H and O–H groups in total. The Kier molecular flexibility index (Phi) is 5.84. The molecule has 1 aliphatic rings. The Morgan fingerprint density at radius 1 is 1.04 bits per heavy atom. The Hall–Kier alpha value is -3.07. The van der Waals surface area contributed by atoms with Crippen molar-refractivity contribution in [3.8, 4) is 5.75 Å². The van der Waals surface area contributed by atoms with Crippen LogP contribution in [0.25, 0.3) is 0 Å². The van der Waals surface area contributed by atoms with Crippen LogP contribution in [0.15, 0.2) is 48.5 Å². The number of benzene rings is 2. The lowest BCUT2D eigenvalue weighted by Crippen LogP contribution is -2.27.